The van der Waals surface area contributed by atoms with Gasteiger partial charge in [-0.2, -0.15) is 0 Å². The molecule has 0 aromatic heterocycles. The molecular formula is C25H28O9. The van der Waals surface area contributed by atoms with Gasteiger partial charge >= 0.3 is 11.9 Å². The molecule has 0 saturated carbocycles. The van der Waals surface area contributed by atoms with Crippen molar-refractivity contribution in [3.63, 3.8) is 0 Å². The highest BCUT2D eigenvalue weighted by Gasteiger charge is 2.57. The van der Waals surface area contributed by atoms with Crippen LogP contribution in [-0.2, 0) is 44.6 Å². The van der Waals surface area contributed by atoms with Gasteiger partial charge in [0.25, 0.3) is 5.79 Å². The lowest BCUT2D eigenvalue weighted by Gasteiger charge is -2.49. The molecule has 0 amide bonds. The fraction of sp³-hybridized carbons (Fsp3) is 0.440. The van der Waals surface area contributed by atoms with Crippen LogP contribution in [0.4, 0.5) is 0 Å². The van der Waals surface area contributed by atoms with Gasteiger partial charge in [-0.25, -0.2) is 9.59 Å². The van der Waals surface area contributed by atoms with E-state index >= 15 is 0 Å². The number of esters is 2. The van der Waals surface area contributed by atoms with E-state index in [2.05, 4.69) is 0 Å². The van der Waals surface area contributed by atoms with Crippen LogP contribution in [0, 0.1) is 0 Å². The molecule has 0 spiro atoms. The molecule has 9 heteroatoms. The Morgan fingerprint density at radius 3 is 2.32 bits per heavy atom. The molecule has 182 valence electrons. The van der Waals surface area contributed by atoms with Gasteiger partial charge in [-0.05, 0) is 17.7 Å². The van der Waals surface area contributed by atoms with E-state index in [1.807, 2.05) is 30.3 Å². The summed E-state index contributed by atoms with van der Waals surface area (Å²) in [4.78, 5) is 25.2. The van der Waals surface area contributed by atoms with Crippen molar-refractivity contribution >= 4 is 11.9 Å². The van der Waals surface area contributed by atoms with Crippen molar-refractivity contribution in [1.82, 2.24) is 0 Å². The van der Waals surface area contributed by atoms with Crippen molar-refractivity contribution in [2.75, 3.05) is 20.8 Å². The van der Waals surface area contributed by atoms with Gasteiger partial charge in [0.2, 0.25) is 0 Å². The number of rotatable bonds is 7. The van der Waals surface area contributed by atoms with Crippen LogP contribution in [0.1, 0.15) is 22.8 Å². The minimum absolute atomic E-state index is 0.0284. The zero-order valence-corrected chi connectivity index (χ0v) is 19.2. The van der Waals surface area contributed by atoms with Crippen LogP contribution < -0.4 is 0 Å². The molecule has 4 rings (SSSR count). The summed E-state index contributed by atoms with van der Waals surface area (Å²) in [5.74, 6) is -2.91. The van der Waals surface area contributed by atoms with Crippen molar-refractivity contribution < 1.29 is 42.7 Å². The molecule has 1 unspecified atom stereocenters. The van der Waals surface area contributed by atoms with Gasteiger partial charge in [-0.3, -0.25) is 0 Å². The lowest BCUT2D eigenvalue weighted by Crippen LogP contribution is -2.67. The van der Waals surface area contributed by atoms with E-state index in [0.29, 0.717) is 5.56 Å². The Hall–Kier alpha value is -2.82. The van der Waals surface area contributed by atoms with Crippen molar-refractivity contribution in [2.24, 2.45) is 0 Å². The second kappa shape index (κ2) is 10.6. The first-order chi connectivity index (χ1) is 16.4. The molecular weight excluding hydrogens is 444 g/mol. The molecule has 9 nitrogen and oxygen atoms in total. The van der Waals surface area contributed by atoms with E-state index in [1.165, 1.54) is 21.1 Å². The van der Waals surface area contributed by atoms with E-state index in [-0.39, 0.29) is 13.2 Å². The quantitative estimate of drug-likeness (QED) is 0.563. The predicted octanol–water partition coefficient (Wildman–Crippen LogP) is 2.47. The van der Waals surface area contributed by atoms with Gasteiger partial charge in [0.05, 0.1) is 25.9 Å². The third-order valence-electron chi connectivity index (χ3n) is 5.81. The average molecular weight is 472 g/mol. The van der Waals surface area contributed by atoms with Crippen LogP contribution in [0.25, 0.3) is 0 Å². The SMILES string of the molecule is COC(=O)C1(C)OC[C@H]2O[C@@H](OCc3ccccc3)[C@H](OC(=O)c3ccccc3)[C@@H](OC)[C@@H]2O1. The first-order valence-corrected chi connectivity index (χ1v) is 10.9. The maximum absolute atomic E-state index is 12.9. The molecule has 2 aliphatic rings. The van der Waals surface area contributed by atoms with E-state index in [9.17, 15) is 9.59 Å². The van der Waals surface area contributed by atoms with Crippen LogP contribution >= 0.6 is 0 Å². The second-order valence-electron chi connectivity index (χ2n) is 8.11. The summed E-state index contributed by atoms with van der Waals surface area (Å²) in [7, 11) is 2.72. The van der Waals surface area contributed by atoms with Crippen LogP contribution in [0.15, 0.2) is 60.7 Å². The smallest absolute Gasteiger partial charge is 0.366 e. The average Bonchev–Trinajstić information content (AvgIpc) is 2.88. The molecule has 2 aliphatic heterocycles. The van der Waals surface area contributed by atoms with Crippen LogP contribution in [-0.4, -0.2) is 69.3 Å². The molecule has 2 aromatic rings. The Labute approximate surface area is 197 Å². The van der Waals surface area contributed by atoms with E-state index < -0.39 is 48.4 Å². The number of ether oxygens (including phenoxy) is 7. The largest absolute Gasteiger partial charge is 0.465 e. The summed E-state index contributed by atoms with van der Waals surface area (Å²) in [6.45, 7) is 1.71. The number of hydrogen-bond acceptors (Lipinski definition) is 9. The molecule has 0 radical (unpaired) electrons. The molecule has 0 aliphatic carbocycles. The fourth-order valence-corrected chi connectivity index (χ4v) is 4.03. The Morgan fingerprint density at radius 2 is 1.68 bits per heavy atom. The predicted molar refractivity (Wildman–Crippen MR) is 118 cm³/mol. The van der Waals surface area contributed by atoms with Crippen molar-refractivity contribution in [2.45, 2.75) is 50.0 Å². The number of carbonyl (C=O) groups is 2. The summed E-state index contributed by atoms with van der Waals surface area (Å²) in [5, 5.41) is 0. The summed E-state index contributed by atoms with van der Waals surface area (Å²) < 4.78 is 40.1. The Bertz CT molecular complexity index is 967. The zero-order chi connectivity index (χ0) is 24.1. The van der Waals surface area contributed by atoms with Crippen LogP contribution in [0.3, 0.4) is 0 Å². The maximum atomic E-state index is 12.9. The second-order valence-corrected chi connectivity index (χ2v) is 8.11. The highest BCUT2D eigenvalue weighted by Crippen LogP contribution is 2.36. The van der Waals surface area contributed by atoms with Gasteiger partial charge in [-0.15, -0.1) is 0 Å². The van der Waals surface area contributed by atoms with Gasteiger partial charge in [0.15, 0.2) is 12.4 Å². The van der Waals surface area contributed by atoms with E-state index in [1.54, 1.807) is 30.3 Å². The number of hydrogen-bond donors (Lipinski definition) is 0. The van der Waals surface area contributed by atoms with E-state index in [0.717, 1.165) is 5.56 Å². The Morgan fingerprint density at radius 1 is 1.00 bits per heavy atom. The Kier molecular flexibility index (Phi) is 7.60. The molecule has 34 heavy (non-hydrogen) atoms. The molecule has 2 heterocycles. The molecule has 0 N–H and O–H groups in total. The maximum Gasteiger partial charge on any atom is 0.366 e. The molecule has 2 fully saturated rings. The van der Waals surface area contributed by atoms with Crippen molar-refractivity contribution in [3.05, 3.63) is 71.8 Å². The van der Waals surface area contributed by atoms with E-state index in [4.69, 9.17) is 33.2 Å². The normalized spacial score (nSPS) is 30.7. The minimum Gasteiger partial charge on any atom is -0.465 e. The first kappa shape index (κ1) is 24.3. The highest BCUT2D eigenvalue weighted by atomic mass is 16.8. The van der Waals surface area contributed by atoms with Gasteiger partial charge < -0.3 is 33.2 Å². The highest BCUT2D eigenvalue weighted by molar-refractivity contribution is 5.89. The fourth-order valence-electron chi connectivity index (χ4n) is 4.03. The molecule has 6 atom stereocenters. The number of methoxy groups -OCH3 is 2. The van der Waals surface area contributed by atoms with Crippen LogP contribution in [0.2, 0.25) is 0 Å². The molecule has 0 bridgehead atoms. The monoisotopic (exact) mass is 472 g/mol. The summed E-state index contributed by atoms with van der Waals surface area (Å²) in [6.07, 6.45) is -4.17. The molecule has 2 saturated heterocycles. The first-order valence-electron chi connectivity index (χ1n) is 10.9. The zero-order valence-electron chi connectivity index (χ0n) is 19.2. The number of fused-ring (bicyclic) bond motifs is 1. The summed E-state index contributed by atoms with van der Waals surface area (Å²) in [5.41, 5.74) is 1.29. The Balaban J connectivity index is 1.58. The van der Waals surface area contributed by atoms with Crippen molar-refractivity contribution in [1.29, 1.82) is 0 Å². The van der Waals surface area contributed by atoms with Gasteiger partial charge in [0.1, 0.15) is 18.3 Å². The minimum atomic E-state index is -1.65. The lowest BCUT2D eigenvalue weighted by molar-refractivity contribution is -0.381. The third-order valence-corrected chi connectivity index (χ3v) is 5.81. The molecule has 2 aromatic carbocycles. The third kappa shape index (κ3) is 5.13. The standard InChI is InChI=1S/C25H28O9/c1-25(24(27)29-3)31-15-18-19(34-25)20(28-2)21(33-22(26)17-12-8-5-9-13-17)23(32-18)30-14-16-10-6-4-7-11-16/h4-13,18-21,23H,14-15H2,1-3H3/t18-,19-,20+,21-,23-,25?/m1/s1. The lowest BCUT2D eigenvalue weighted by atomic mass is 9.96. The summed E-state index contributed by atoms with van der Waals surface area (Å²) in [6, 6.07) is 18.1. The van der Waals surface area contributed by atoms with Gasteiger partial charge in [0, 0.05) is 14.0 Å². The number of carbonyl (C=O) groups excluding carboxylic acids is 2. The van der Waals surface area contributed by atoms with Gasteiger partial charge in [-0.1, -0.05) is 48.5 Å². The number of benzene rings is 2. The summed E-state index contributed by atoms with van der Waals surface area (Å²) >= 11 is 0. The van der Waals surface area contributed by atoms with Crippen LogP contribution in [0.5, 0.6) is 0 Å². The van der Waals surface area contributed by atoms with Crippen molar-refractivity contribution in [3.8, 4) is 0 Å². The topological polar surface area (TPSA) is 98.8 Å².